The Morgan fingerprint density at radius 2 is 2.05 bits per heavy atom. The van der Waals surface area contributed by atoms with Crippen LogP contribution in [0.5, 0.6) is 0 Å². The quantitative estimate of drug-likeness (QED) is 0.582. The second-order valence-corrected chi connectivity index (χ2v) is 8.43. The molecule has 2 heterocycles. The summed E-state index contributed by atoms with van der Waals surface area (Å²) in [5.41, 5.74) is 1.03. The van der Waals surface area contributed by atoms with Crippen LogP contribution in [0.1, 0.15) is 37.4 Å². The molecule has 1 aromatic heterocycles. The highest BCUT2D eigenvalue weighted by Gasteiger charge is 2.21. The fraction of sp³-hybridized carbons (Fsp3) is 0.786. The van der Waals surface area contributed by atoms with E-state index in [2.05, 4.69) is 40.9 Å². The van der Waals surface area contributed by atoms with Crippen LogP contribution >= 0.6 is 34.7 Å². The lowest BCUT2D eigenvalue weighted by atomic mass is 10.2. The number of aryl methyl sites for hydroxylation is 1. The van der Waals surface area contributed by atoms with Gasteiger partial charge in [-0.15, -0.1) is 22.9 Å². The molecule has 2 atom stereocenters. The van der Waals surface area contributed by atoms with Gasteiger partial charge in [-0.2, -0.15) is 11.8 Å². The second-order valence-electron chi connectivity index (χ2n) is 5.34. The fourth-order valence-corrected chi connectivity index (χ4v) is 5.06. The summed E-state index contributed by atoms with van der Waals surface area (Å²) >= 11 is 9.64. The summed E-state index contributed by atoms with van der Waals surface area (Å²) in [6.45, 7) is 8.43. The number of thioether (sulfide) groups is 1. The first kappa shape index (κ1) is 15.6. The molecule has 2 rings (SSSR count). The van der Waals surface area contributed by atoms with Crippen LogP contribution in [0.15, 0.2) is 5.38 Å². The van der Waals surface area contributed by atoms with Crippen molar-refractivity contribution in [3.8, 4) is 0 Å². The summed E-state index contributed by atoms with van der Waals surface area (Å²) in [5.74, 6) is 0.539. The van der Waals surface area contributed by atoms with Gasteiger partial charge >= 0.3 is 0 Å². The van der Waals surface area contributed by atoms with Gasteiger partial charge in [0.15, 0.2) is 0 Å². The third kappa shape index (κ3) is 5.25. The van der Waals surface area contributed by atoms with Gasteiger partial charge in [0, 0.05) is 29.0 Å². The number of aromatic nitrogens is 1. The van der Waals surface area contributed by atoms with Crippen LogP contribution in [-0.4, -0.2) is 40.0 Å². The van der Waals surface area contributed by atoms with E-state index in [-0.39, 0.29) is 0 Å². The minimum atomic E-state index is 0.539. The van der Waals surface area contributed by atoms with Gasteiger partial charge in [0.2, 0.25) is 0 Å². The molecule has 5 heteroatoms. The van der Waals surface area contributed by atoms with E-state index in [1.54, 1.807) is 11.3 Å². The minimum Gasteiger partial charge on any atom is -0.301 e. The van der Waals surface area contributed by atoms with E-state index in [4.69, 9.17) is 11.6 Å². The molecule has 2 unspecified atom stereocenters. The van der Waals surface area contributed by atoms with Crippen molar-refractivity contribution in [3.05, 3.63) is 16.1 Å². The Bertz CT molecular complexity index is 373. The number of unbranched alkanes of at least 4 members (excludes halogenated alkanes) is 1. The van der Waals surface area contributed by atoms with Gasteiger partial charge in [-0.05, 0) is 25.8 Å². The zero-order valence-corrected chi connectivity index (χ0v) is 14.2. The first-order chi connectivity index (χ1) is 9.17. The van der Waals surface area contributed by atoms with Gasteiger partial charge < -0.3 is 4.90 Å². The van der Waals surface area contributed by atoms with E-state index < -0.39 is 0 Å². The number of thiazole rings is 1. The Morgan fingerprint density at radius 3 is 2.68 bits per heavy atom. The Labute approximate surface area is 129 Å². The first-order valence-corrected chi connectivity index (χ1v) is 9.40. The molecular weight excluding hydrogens is 296 g/mol. The van der Waals surface area contributed by atoms with Crippen molar-refractivity contribution in [2.45, 2.75) is 49.5 Å². The Balaban J connectivity index is 1.63. The Morgan fingerprint density at radius 1 is 1.32 bits per heavy atom. The number of alkyl halides is 1. The standard InChI is InChI=1S/C14H23ClN2S2/c1-11-8-17(9-12(2)19-11)6-4-3-5-14-16-13(7-15)10-18-14/h10-12H,3-9H2,1-2H3. The lowest BCUT2D eigenvalue weighted by Gasteiger charge is -2.34. The summed E-state index contributed by atoms with van der Waals surface area (Å²) in [4.78, 5) is 7.13. The summed E-state index contributed by atoms with van der Waals surface area (Å²) in [6, 6.07) is 0. The molecule has 1 fully saturated rings. The molecule has 19 heavy (non-hydrogen) atoms. The third-order valence-corrected chi connectivity index (χ3v) is 5.81. The van der Waals surface area contributed by atoms with Gasteiger partial charge in [0.05, 0.1) is 16.6 Å². The summed E-state index contributed by atoms with van der Waals surface area (Å²) < 4.78 is 0. The maximum atomic E-state index is 5.77. The number of nitrogens with zero attached hydrogens (tertiary/aromatic N) is 2. The average Bonchev–Trinajstić information content (AvgIpc) is 2.81. The molecular formula is C14H23ClN2S2. The molecule has 1 aromatic rings. The number of rotatable bonds is 6. The molecule has 0 N–H and O–H groups in total. The van der Waals surface area contributed by atoms with Crippen LogP contribution < -0.4 is 0 Å². The first-order valence-electron chi connectivity index (χ1n) is 7.04. The lowest BCUT2D eigenvalue weighted by Crippen LogP contribution is -2.40. The zero-order valence-electron chi connectivity index (χ0n) is 11.8. The molecule has 0 aromatic carbocycles. The zero-order chi connectivity index (χ0) is 13.7. The second kappa shape index (κ2) is 7.87. The van der Waals surface area contributed by atoms with Crippen molar-refractivity contribution in [2.24, 2.45) is 0 Å². The molecule has 1 aliphatic rings. The summed E-state index contributed by atoms with van der Waals surface area (Å²) in [7, 11) is 0. The lowest BCUT2D eigenvalue weighted by molar-refractivity contribution is 0.265. The molecule has 0 aliphatic carbocycles. The molecule has 1 aliphatic heterocycles. The molecule has 0 bridgehead atoms. The smallest absolute Gasteiger partial charge is 0.0928 e. The number of hydrogen-bond donors (Lipinski definition) is 0. The van der Waals surface area contributed by atoms with Gasteiger partial charge in [0.25, 0.3) is 0 Å². The Hall–Kier alpha value is 0.230. The molecule has 2 nitrogen and oxygen atoms in total. The van der Waals surface area contributed by atoms with E-state index >= 15 is 0 Å². The highest BCUT2D eigenvalue weighted by molar-refractivity contribution is 8.00. The van der Waals surface area contributed by atoms with Crippen molar-refractivity contribution in [2.75, 3.05) is 19.6 Å². The van der Waals surface area contributed by atoms with E-state index in [0.29, 0.717) is 5.88 Å². The van der Waals surface area contributed by atoms with Crippen molar-refractivity contribution >= 4 is 34.7 Å². The summed E-state index contributed by atoms with van der Waals surface area (Å²) in [5, 5.41) is 4.89. The van der Waals surface area contributed by atoms with Crippen molar-refractivity contribution in [1.29, 1.82) is 0 Å². The predicted octanol–water partition coefficient (Wildman–Crippen LogP) is 4.03. The number of hydrogen-bond acceptors (Lipinski definition) is 4. The van der Waals surface area contributed by atoms with Crippen LogP contribution in [0.3, 0.4) is 0 Å². The fourth-order valence-electron chi connectivity index (χ4n) is 2.60. The van der Waals surface area contributed by atoms with Crippen LogP contribution in [0.25, 0.3) is 0 Å². The van der Waals surface area contributed by atoms with Crippen molar-refractivity contribution in [3.63, 3.8) is 0 Å². The van der Waals surface area contributed by atoms with Crippen molar-refractivity contribution in [1.82, 2.24) is 9.88 Å². The van der Waals surface area contributed by atoms with Gasteiger partial charge in [-0.1, -0.05) is 13.8 Å². The molecule has 0 saturated carbocycles. The highest BCUT2D eigenvalue weighted by Crippen LogP contribution is 2.24. The number of halogens is 1. The van der Waals surface area contributed by atoms with Crippen LogP contribution in [0.4, 0.5) is 0 Å². The molecule has 0 radical (unpaired) electrons. The van der Waals surface area contributed by atoms with E-state index in [1.807, 2.05) is 0 Å². The molecule has 0 spiro atoms. The van der Waals surface area contributed by atoms with Gasteiger partial charge in [-0.3, -0.25) is 0 Å². The molecule has 0 amide bonds. The molecule has 108 valence electrons. The normalized spacial score (nSPS) is 24.8. The highest BCUT2D eigenvalue weighted by atomic mass is 35.5. The van der Waals surface area contributed by atoms with Gasteiger partial charge in [0.1, 0.15) is 0 Å². The maximum absolute atomic E-state index is 5.77. The minimum absolute atomic E-state index is 0.539. The largest absolute Gasteiger partial charge is 0.301 e. The molecule has 1 saturated heterocycles. The van der Waals surface area contributed by atoms with Gasteiger partial charge in [-0.25, -0.2) is 4.98 Å². The van der Waals surface area contributed by atoms with Crippen LogP contribution in [0.2, 0.25) is 0 Å². The summed E-state index contributed by atoms with van der Waals surface area (Å²) in [6.07, 6.45) is 3.62. The van der Waals surface area contributed by atoms with E-state index in [9.17, 15) is 0 Å². The SMILES string of the molecule is CC1CN(CCCCc2nc(CCl)cs2)CC(C)S1. The van der Waals surface area contributed by atoms with Crippen LogP contribution in [0, 0.1) is 0 Å². The topological polar surface area (TPSA) is 16.1 Å². The van der Waals surface area contributed by atoms with Crippen LogP contribution in [-0.2, 0) is 12.3 Å². The van der Waals surface area contributed by atoms with Crippen molar-refractivity contribution < 1.29 is 0 Å². The van der Waals surface area contributed by atoms with E-state index in [1.165, 1.54) is 37.5 Å². The maximum Gasteiger partial charge on any atom is 0.0928 e. The predicted molar refractivity (Wildman–Crippen MR) is 87.6 cm³/mol. The Kier molecular flexibility index (Phi) is 6.46. The van der Waals surface area contributed by atoms with E-state index in [0.717, 1.165) is 22.6 Å². The monoisotopic (exact) mass is 318 g/mol. The third-order valence-electron chi connectivity index (χ3n) is 3.35. The average molecular weight is 319 g/mol.